The number of para-hydroxylation sites is 1. The highest BCUT2D eigenvalue weighted by molar-refractivity contribution is 9.10. The molecule has 0 spiro atoms. The zero-order valence-corrected chi connectivity index (χ0v) is 14.5. The SMILES string of the molecule is CCCCCCCCC(=O)O.Oc1c(Br)[nH]c2ccccc12. The second-order valence-corrected chi connectivity index (χ2v) is 6.04. The fourth-order valence-corrected chi connectivity index (χ4v) is 2.58. The zero-order chi connectivity index (χ0) is 16.4. The number of aliphatic carboxylic acids is 1. The van der Waals surface area contributed by atoms with E-state index in [-0.39, 0.29) is 5.75 Å². The predicted molar refractivity (Wildman–Crippen MR) is 93.3 cm³/mol. The van der Waals surface area contributed by atoms with Crippen molar-refractivity contribution in [3.05, 3.63) is 28.9 Å². The van der Waals surface area contributed by atoms with Crippen LogP contribution in [-0.2, 0) is 4.79 Å². The van der Waals surface area contributed by atoms with E-state index in [0.29, 0.717) is 11.0 Å². The topological polar surface area (TPSA) is 73.3 Å². The normalized spacial score (nSPS) is 10.3. The lowest BCUT2D eigenvalue weighted by Gasteiger charge is -1.97. The monoisotopic (exact) mass is 369 g/mol. The average Bonchev–Trinajstić information content (AvgIpc) is 2.79. The van der Waals surface area contributed by atoms with Crippen molar-refractivity contribution >= 4 is 32.8 Å². The number of aromatic amines is 1. The number of carboxylic acids is 1. The summed E-state index contributed by atoms with van der Waals surface area (Å²) in [5.74, 6) is -0.388. The van der Waals surface area contributed by atoms with E-state index in [2.05, 4.69) is 27.8 Å². The molecule has 0 aliphatic heterocycles. The van der Waals surface area contributed by atoms with E-state index in [4.69, 9.17) is 5.11 Å². The third-order valence-electron chi connectivity index (χ3n) is 3.38. The minimum absolute atomic E-state index is 0.278. The van der Waals surface area contributed by atoms with E-state index < -0.39 is 5.97 Å². The fraction of sp³-hybridized carbons (Fsp3) is 0.471. The van der Waals surface area contributed by atoms with Gasteiger partial charge < -0.3 is 15.2 Å². The van der Waals surface area contributed by atoms with E-state index in [1.165, 1.54) is 25.7 Å². The van der Waals surface area contributed by atoms with Crippen LogP contribution in [0.25, 0.3) is 10.9 Å². The number of halogens is 1. The first-order chi connectivity index (χ1) is 10.6. The number of hydrogen-bond donors (Lipinski definition) is 3. The summed E-state index contributed by atoms with van der Waals surface area (Å²) in [4.78, 5) is 13.1. The van der Waals surface area contributed by atoms with Crippen LogP contribution in [0.5, 0.6) is 5.75 Å². The highest BCUT2D eigenvalue weighted by Gasteiger charge is 2.05. The summed E-state index contributed by atoms with van der Waals surface area (Å²) in [6.45, 7) is 2.18. The number of unbranched alkanes of at least 4 members (excludes halogenated alkanes) is 5. The summed E-state index contributed by atoms with van der Waals surface area (Å²) < 4.78 is 0.638. The third kappa shape index (κ3) is 6.52. The smallest absolute Gasteiger partial charge is 0.303 e. The first kappa shape index (κ1) is 18.6. The van der Waals surface area contributed by atoms with Crippen LogP contribution in [-0.4, -0.2) is 21.2 Å². The highest BCUT2D eigenvalue weighted by Crippen LogP contribution is 2.31. The van der Waals surface area contributed by atoms with Crippen molar-refractivity contribution < 1.29 is 15.0 Å². The van der Waals surface area contributed by atoms with Crippen LogP contribution >= 0.6 is 15.9 Å². The van der Waals surface area contributed by atoms with E-state index in [0.717, 1.165) is 23.7 Å². The van der Waals surface area contributed by atoms with Gasteiger partial charge in [0.2, 0.25) is 0 Å². The molecular formula is C17H24BrNO3. The van der Waals surface area contributed by atoms with Crippen LogP contribution in [0.4, 0.5) is 0 Å². The van der Waals surface area contributed by atoms with Crippen molar-refractivity contribution in [1.82, 2.24) is 4.98 Å². The zero-order valence-electron chi connectivity index (χ0n) is 12.9. The number of hydrogen-bond acceptors (Lipinski definition) is 2. The molecule has 0 aliphatic carbocycles. The molecular weight excluding hydrogens is 346 g/mol. The van der Waals surface area contributed by atoms with Crippen LogP contribution in [0.15, 0.2) is 28.9 Å². The van der Waals surface area contributed by atoms with Gasteiger partial charge in [-0.1, -0.05) is 51.2 Å². The quantitative estimate of drug-likeness (QED) is 0.567. The van der Waals surface area contributed by atoms with Crippen molar-refractivity contribution in [3.63, 3.8) is 0 Å². The molecule has 22 heavy (non-hydrogen) atoms. The molecule has 0 unspecified atom stereocenters. The Hall–Kier alpha value is -1.49. The Bertz CT molecular complexity index is 580. The molecule has 0 atom stereocenters. The molecule has 0 saturated heterocycles. The minimum atomic E-state index is -0.666. The third-order valence-corrected chi connectivity index (χ3v) is 3.95. The van der Waals surface area contributed by atoms with Gasteiger partial charge in [-0.3, -0.25) is 4.79 Å². The number of aromatic nitrogens is 1. The lowest BCUT2D eigenvalue weighted by atomic mass is 10.1. The maximum Gasteiger partial charge on any atom is 0.303 e. The summed E-state index contributed by atoms with van der Waals surface area (Å²) in [6.07, 6.45) is 7.25. The number of fused-ring (bicyclic) bond motifs is 1. The minimum Gasteiger partial charge on any atom is -0.505 e. The summed E-state index contributed by atoms with van der Waals surface area (Å²) in [7, 11) is 0. The predicted octanol–water partition coefficient (Wildman–Crippen LogP) is 5.46. The number of carbonyl (C=O) groups is 1. The van der Waals surface area contributed by atoms with Crippen LogP contribution in [0, 0.1) is 0 Å². The first-order valence-corrected chi connectivity index (χ1v) is 8.52. The Kier molecular flexibility index (Phi) is 8.67. The second kappa shape index (κ2) is 10.3. The molecule has 1 aromatic carbocycles. The molecule has 3 N–H and O–H groups in total. The van der Waals surface area contributed by atoms with Gasteiger partial charge in [-0.25, -0.2) is 0 Å². The molecule has 0 amide bonds. The molecule has 0 bridgehead atoms. The molecule has 1 aromatic heterocycles. The molecule has 122 valence electrons. The molecule has 2 rings (SSSR count). The largest absolute Gasteiger partial charge is 0.505 e. The molecule has 0 saturated carbocycles. The Balaban J connectivity index is 0.000000220. The van der Waals surface area contributed by atoms with Crippen molar-refractivity contribution in [3.8, 4) is 5.75 Å². The van der Waals surface area contributed by atoms with Crippen molar-refractivity contribution in [2.24, 2.45) is 0 Å². The van der Waals surface area contributed by atoms with Gasteiger partial charge in [-0.05, 0) is 34.5 Å². The number of aromatic hydroxyl groups is 1. The standard InChI is InChI=1S/C9H18O2.C8H6BrNO/c1-2-3-4-5-6-7-8-9(10)11;9-8-7(11)5-3-1-2-4-6(5)10-8/h2-8H2,1H3,(H,10,11);1-4,10-11H. The van der Waals surface area contributed by atoms with E-state index in [9.17, 15) is 9.90 Å². The molecule has 5 heteroatoms. The molecule has 1 heterocycles. The Morgan fingerprint density at radius 3 is 2.41 bits per heavy atom. The number of benzene rings is 1. The Labute approximate surface area is 139 Å². The molecule has 0 fully saturated rings. The van der Waals surface area contributed by atoms with Crippen LogP contribution in [0.3, 0.4) is 0 Å². The van der Waals surface area contributed by atoms with Gasteiger partial charge in [0.1, 0.15) is 4.60 Å². The number of H-pyrrole nitrogens is 1. The van der Waals surface area contributed by atoms with Crippen LogP contribution in [0.1, 0.15) is 51.9 Å². The lowest BCUT2D eigenvalue weighted by Crippen LogP contribution is -1.93. The fourth-order valence-electron chi connectivity index (χ4n) is 2.15. The first-order valence-electron chi connectivity index (χ1n) is 7.73. The summed E-state index contributed by atoms with van der Waals surface area (Å²) in [5.41, 5.74) is 0.942. The molecule has 2 aromatic rings. The molecule has 0 aliphatic rings. The van der Waals surface area contributed by atoms with E-state index >= 15 is 0 Å². The number of carboxylic acid groups (broad SMARTS) is 1. The molecule has 4 nitrogen and oxygen atoms in total. The van der Waals surface area contributed by atoms with Gasteiger partial charge >= 0.3 is 5.97 Å². The lowest BCUT2D eigenvalue weighted by molar-refractivity contribution is -0.137. The van der Waals surface area contributed by atoms with Gasteiger partial charge in [0.15, 0.2) is 5.75 Å². The summed E-state index contributed by atoms with van der Waals surface area (Å²) in [6, 6.07) is 7.60. The highest BCUT2D eigenvalue weighted by atomic mass is 79.9. The summed E-state index contributed by atoms with van der Waals surface area (Å²) in [5, 5.41) is 18.6. The Morgan fingerprint density at radius 2 is 1.77 bits per heavy atom. The van der Waals surface area contributed by atoms with Gasteiger partial charge in [0.25, 0.3) is 0 Å². The Morgan fingerprint density at radius 1 is 1.14 bits per heavy atom. The van der Waals surface area contributed by atoms with Crippen molar-refractivity contribution in [1.29, 1.82) is 0 Å². The van der Waals surface area contributed by atoms with Crippen LogP contribution in [0.2, 0.25) is 0 Å². The number of nitrogens with one attached hydrogen (secondary N) is 1. The summed E-state index contributed by atoms with van der Waals surface area (Å²) >= 11 is 3.20. The maximum absolute atomic E-state index is 10.1. The molecule has 0 radical (unpaired) electrons. The average molecular weight is 370 g/mol. The van der Waals surface area contributed by atoms with Gasteiger partial charge in [0, 0.05) is 11.8 Å². The van der Waals surface area contributed by atoms with E-state index in [1.54, 1.807) is 0 Å². The second-order valence-electron chi connectivity index (χ2n) is 5.24. The maximum atomic E-state index is 10.1. The van der Waals surface area contributed by atoms with Gasteiger partial charge in [0.05, 0.1) is 5.52 Å². The van der Waals surface area contributed by atoms with Crippen molar-refractivity contribution in [2.45, 2.75) is 51.9 Å². The van der Waals surface area contributed by atoms with Crippen LogP contribution < -0.4 is 0 Å². The van der Waals surface area contributed by atoms with E-state index in [1.807, 2.05) is 24.3 Å². The van der Waals surface area contributed by atoms with Crippen molar-refractivity contribution in [2.75, 3.05) is 0 Å². The van der Waals surface area contributed by atoms with Gasteiger partial charge in [-0.2, -0.15) is 0 Å². The van der Waals surface area contributed by atoms with Gasteiger partial charge in [-0.15, -0.1) is 0 Å². The number of rotatable bonds is 7.